The molecule has 0 radical (unpaired) electrons. The molecule has 1 atom stereocenters. The Balaban J connectivity index is 1.78. The van der Waals surface area contributed by atoms with Gasteiger partial charge in [0.25, 0.3) is 0 Å². The lowest BCUT2D eigenvalue weighted by Gasteiger charge is -2.39. The van der Waals surface area contributed by atoms with Crippen molar-refractivity contribution in [3.05, 3.63) is 0 Å². The van der Waals surface area contributed by atoms with Gasteiger partial charge in [-0.25, -0.2) is 0 Å². The predicted octanol–water partition coefficient (Wildman–Crippen LogP) is 1.05. The van der Waals surface area contributed by atoms with Crippen LogP contribution in [0.25, 0.3) is 0 Å². The summed E-state index contributed by atoms with van der Waals surface area (Å²) in [5, 5.41) is 8.77. The van der Waals surface area contributed by atoms with Crippen LogP contribution >= 0.6 is 0 Å². The fourth-order valence-electron chi connectivity index (χ4n) is 3.19. The Morgan fingerprint density at radius 1 is 1.25 bits per heavy atom. The number of carboxylic acid groups (broad SMARTS) is 1. The van der Waals surface area contributed by atoms with Crippen molar-refractivity contribution in [2.24, 2.45) is 11.1 Å². The second-order valence-corrected chi connectivity index (χ2v) is 5.45. The summed E-state index contributed by atoms with van der Waals surface area (Å²) in [5.41, 5.74) is 6.15. The first-order valence-electron chi connectivity index (χ1n) is 6.32. The zero-order valence-corrected chi connectivity index (χ0v) is 9.82. The van der Waals surface area contributed by atoms with E-state index in [0.29, 0.717) is 12.0 Å². The van der Waals surface area contributed by atoms with Crippen LogP contribution in [0.1, 0.15) is 38.5 Å². The van der Waals surface area contributed by atoms with Crippen molar-refractivity contribution in [1.29, 1.82) is 0 Å². The van der Waals surface area contributed by atoms with Crippen LogP contribution in [0.15, 0.2) is 0 Å². The normalized spacial score (nSPS) is 27.1. The molecule has 2 fully saturated rings. The predicted molar refractivity (Wildman–Crippen MR) is 62.2 cm³/mol. The van der Waals surface area contributed by atoms with Crippen molar-refractivity contribution >= 4 is 5.97 Å². The number of rotatable bonds is 3. The van der Waals surface area contributed by atoms with Crippen LogP contribution in [0.2, 0.25) is 0 Å². The Kier molecular flexibility index (Phi) is 3.50. The van der Waals surface area contributed by atoms with E-state index in [1.807, 2.05) is 0 Å². The highest BCUT2D eigenvalue weighted by Gasteiger charge is 2.37. The maximum atomic E-state index is 10.7. The minimum atomic E-state index is -0.888. The molecule has 16 heavy (non-hydrogen) atoms. The van der Waals surface area contributed by atoms with E-state index in [4.69, 9.17) is 10.8 Å². The number of nitrogens with zero attached hydrogens (tertiary/aromatic N) is 1. The summed E-state index contributed by atoms with van der Waals surface area (Å²) < 4.78 is 0. The molecule has 1 aliphatic carbocycles. The van der Waals surface area contributed by atoms with Gasteiger partial charge in [-0.15, -0.1) is 0 Å². The van der Waals surface area contributed by atoms with Gasteiger partial charge in [0.2, 0.25) is 0 Å². The molecule has 3 N–H and O–H groups in total. The van der Waals surface area contributed by atoms with Crippen molar-refractivity contribution in [3.8, 4) is 0 Å². The number of hydrogen-bond acceptors (Lipinski definition) is 3. The van der Waals surface area contributed by atoms with Crippen molar-refractivity contribution in [2.45, 2.75) is 44.6 Å². The number of piperidine rings is 1. The molecule has 0 amide bonds. The van der Waals surface area contributed by atoms with Gasteiger partial charge in [-0.2, -0.15) is 0 Å². The third-order valence-corrected chi connectivity index (χ3v) is 4.35. The Bertz CT molecular complexity index is 252. The molecule has 0 aromatic carbocycles. The number of aliphatic carboxylic acids is 1. The molecular weight excluding hydrogens is 204 g/mol. The Hall–Kier alpha value is -0.610. The number of carboxylic acids is 1. The van der Waals surface area contributed by atoms with Gasteiger partial charge in [0.05, 0.1) is 0 Å². The molecule has 4 heteroatoms. The lowest BCUT2D eigenvalue weighted by atomic mass is 9.77. The molecule has 0 aromatic rings. The average molecular weight is 226 g/mol. The van der Waals surface area contributed by atoms with Gasteiger partial charge in [-0.3, -0.25) is 4.79 Å². The van der Waals surface area contributed by atoms with Crippen LogP contribution in [0.4, 0.5) is 0 Å². The lowest BCUT2D eigenvalue weighted by molar-refractivity contribution is -0.139. The number of likely N-dealkylation sites (tertiary alicyclic amines) is 1. The SMILES string of the molecule is NC(CN1CCC2(CCCC2)CC1)C(=O)O. The Labute approximate surface area is 96.8 Å². The summed E-state index contributed by atoms with van der Waals surface area (Å²) in [5.74, 6) is -0.888. The van der Waals surface area contributed by atoms with Crippen molar-refractivity contribution < 1.29 is 9.90 Å². The van der Waals surface area contributed by atoms with E-state index in [2.05, 4.69) is 4.90 Å². The minimum Gasteiger partial charge on any atom is -0.480 e. The first kappa shape index (κ1) is 11.9. The van der Waals surface area contributed by atoms with E-state index in [9.17, 15) is 4.79 Å². The van der Waals surface area contributed by atoms with Gasteiger partial charge in [0.1, 0.15) is 6.04 Å². The highest BCUT2D eigenvalue weighted by atomic mass is 16.4. The van der Waals surface area contributed by atoms with Crippen LogP contribution in [0.3, 0.4) is 0 Å². The van der Waals surface area contributed by atoms with Gasteiger partial charge in [-0.05, 0) is 44.2 Å². The second-order valence-electron chi connectivity index (χ2n) is 5.45. The Morgan fingerprint density at radius 2 is 1.81 bits per heavy atom. The highest BCUT2D eigenvalue weighted by Crippen LogP contribution is 2.45. The Morgan fingerprint density at radius 3 is 2.31 bits per heavy atom. The molecule has 1 unspecified atom stereocenters. The molecule has 0 aromatic heterocycles. The summed E-state index contributed by atoms with van der Waals surface area (Å²) in [4.78, 5) is 12.9. The van der Waals surface area contributed by atoms with E-state index >= 15 is 0 Å². The van der Waals surface area contributed by atoms with E-state index in [-0.39, 0.29) is 0 Å². The largest absolute Gasteiger partial charge is 0.480 e. The molecule has 1 saturated heterocycles. The molecule has 1 spiro atoms. The van der Waals surface area contributed by atoms with Crippen molar-refractivity contribution in [3.63, 3.8) is 0 Å². The summed E-state index contributed by atoms with van der Waals surface area (Å²) in [7, 11) is 0. The van der Waals surface area contributed by atoms with Crippen LogP contribution in [0.5, 0.6) is 0 Å². The molecule has 0 bridgehead atoms. The van der Waals surface area contributed by atoms with Gasteiger partial charge in [0.15, 0.2) is 0 Å². The van der Waals surface area contributed by atoms with Crippen molar-refractivity contribution in [2.75, 3.05) is 19.6 Å². The van der Waals surface area contributed by atoms with Gasteiger partial charge >= 0.3 is 5.97 Å². The first-order chi connectivity index (χ1) is 7.61. The third-order valence-electron chi connectivity index (χ3n) is 4.35. The number of carbonyl (C=O) groups is 1. The van der Waals surface area contributed by atoms with Crippen LogP contribution < -0.4 is 5.73 Å². The summed E-state index contributed by atoms with van der Waals surface area (Å²) in [6.07, 6.45) is 8.00. The molecule has 1 saturated carbocycles. The molecule has 1 heterocycles. The van der Waals surface area contributed by atoms with Crippen LogP contribution in [0, 0.1) is 5.41 Å². The van der Waals surface area contributed by atoms with Crippen LogP contribution in [-0.2, 0) is 4.79 Å². The van der Waals surface area contributed by atoms with Crippen LogP contribution in [-0.4, -0.2) is 41.7 Å². The fraction of sp³-hybridized carbons (Fsp3) is 0.917. The highest BCUT2D eigenvalue weighted by molar-refractivity contribution is 5.73. The smallest absolute Gasteiger partial charge is 0.321 e. The second kappa shape index (κ2) is 4.72. The summed E-state index contributed by atoms with van der Waals surface area (Å²) >= 11 is 0. The monoisotopic (exact) mass is 226 g/mol. The standard InChI is InChI=1S/C12H22N2O2/c13-10(11(15)16)9-14-7-5-12(6-8-14)3-1-2-4-12/h10H,1-9,13H2,(H,15,16). The average Bonchev–Trinajstić information content (AvgIpc) is 2.70. The zero-order valence-electron chi connectivity index (χ0n) is 9.82. The van der Waals surface area contributed by atoms with Gasteiger partial charge in [-0.1, -0.05) is 12.8 Å². The maximum absolute atomic E-state index is 10.7. The van der Waals surface area contributed by atoms with E-state index in [1.54, 1.807) is 0 Å². The van der Waals surface area contributed by atoms with Gasteiger partial charge in [0, 0.05) is 6.54 Å². The maximum Gasteiger partial charge on any atom is 0.321 e. The quantitative estimate of drug-likeness (QED) is 0.755. The van der Waals surface area contributed by atoms with E-state index < -0.39 is 12.0 Å². The molecular formula is C12H22N2O2. The number of nitrogens with two attached hydrogens (primary N) is 1. The zero-order chi connectivity index (χ0) is 11.6. The van der Waals surface area contributed by atoms with E-state index in [1.165, 1.54) is 38.5 Å². The molecule has 4 nitrogen and oxygen atoms in total. The molecule has 1 aliphatic heterocycles. The molecule has 2 aliphatic rings. The minimum absolute atomic E-state index is 0.505. The third kappa shape index (κ3) is 2.55. The topological polar surface area (TPSA) is 66.6 Å². The number of hydrogen-bond donors (Lipinski definition) is 2. The van der Waals surface area contributed by atoms with Crippen molar-refractivity contribution in [1.82, 2.24) is 4.90 Å². The first-order valence-corrected chi connectivity index (χ1v) is 6.32. The molecule has 2 rings (SSSR count). The lowest BCUT2D eigenvalue weighted by Crippen LogP contribution is -2.47. The summed E-state index contributed by atoms with van der Waals surface area (Å²) in [6, 6.07) is -0.724. The molecule has 92 valence electrons. The fourth-order valence-corrected chi connectivity index (χ4v) is 3.19. The van der Waals surface area contributed by atoms with Gasteiger partial charge < -0.3 is 15.7 Å². The van der Waals surface area contributed by atoms with E-state index in [0.717, 1.165) is 13.1 Å². The summed E-state index contributed by atoms with van der Waals surface area (Å²) in [6.45, 7) is 2.56.